The Kier molecular flexibility index (Phi) is 3.38. The highest BCUT2D eigenvalue weighted by molar-refractivity contribution is 7.19. The SMILES string of the molecule is COc1ccccc1-n1cc(N)c(-c2ccc(Cl)s2)n1. The van der Waals surface area contributed by atoms with Crippen LogP contribution in [0.2, 0.25) is 4.34 Å². The van der Waals surface area contributed by atoms with E-state index in [1.807, 2.05) is 36.4 Å². The molecule has 20 heavy (non-hydrogen) atoms. The summed E-state index contributed by atoms with van der Waals surface area (Å²) in [6, 6.07) is 11.4. The molecule has 102 valence electrons. The Morgan fingerprint density at radius 1 is 1.25 bits per heavy atom. The Labute approximate surface area is 125 Å². The lowest BCUT2D eigenvalue weighted by Gasteiger charge is -2.07. The van der Waals surface area contributed by atoms with E-state index in [1.165, 1.54) is 11.3 Å². The zero-order valence-electron chi connectivity index (χ0n) is 10.7. The number of para-hydroxylation sites is 2. The summed E-state index contributed by atoms with van der Waals surface area (Å²) in [6.45, 7) is 0. The number of aromatic nitrogens is 2. The van der Waals surface area contributed by atoms with Gasteiger partial charge in [-0.25, -0.2) is 4.68 Å². The number of ether oxygens (including phenoxy) is 1. The van der Waals surface area contributed by atoms with Crippen LogP contribution in [0.15, 0.2) is 42.6 Å². The summed E-state index contributed by atoms with van der Waals surface area (Å²) in [6.07, 6.45) is 1.78. The van der Waals surface area contributed by atoms with Gasteiger partial charge in [-0.2, -0.15) is 5.10 Å². The van der Waals surface area contributed by atoms with E-state index in [2.05, 4.69) is 5.10 Å². The first-order valence-electron chi connectivity index (χ1n) is 5.93. The van der Waals surface area contributed by atoms with E-state index >= 15 is 0 Å². The molecule has 4 nitrogen and oxygen atoms in total. The molecule has 0 saturated carbocycles. The highest BCUT2D eigenvalue weighted by Crippen LogP contribution is 2.34. The van der Waals surface area contributed by atoms with Crippen molar-refractivity contribution >= 4 is 28.6 Å². The maximum absolute atomic E-state index is 6.05. The molecule has 0 aliphatic carbocycles. The molecule has 0 spiro atoms. The van der Waals surface area contributed by atoms with Crippen molar-refractivity contribution in [3.8, 4) is 22.0 Å². The fourth-order valence-corrected chi connectivity index (χ4v) is 3.01. The minimum absolute atomic E-state index is 0.606. The highest BCUT2D eigenvalue weighted by Gasteiger charge is 2.13. The monoisotopic (exact) mass is 305 g/mol. The van der Waals surface area contributed by atoms with Crippen LogP contribution < -0.4 is 10.5 Å². The molecule has 0 amide bonds. The second kappa shape index (κ2) is 5.19. The van der Waals surface area contributed by atoms with Crippen molar-refractivity contribution in [1.82, 2.24) is 9.78 Å². The predicted molar refractivity (Wildman–Crippen MR) is 82.9 cm³/mol. The normalized spacial score (nSPS) is 10.7. The number of rotatable bonds is 3. The summed E-state index contributed by atoms with van der Waals surface area (Å²) < 4.78 is 7.77. The molecule has 0 saturated heterocycles. The number of hydrogen-bond donors (Lipinski definition) is 1. The van der Waals surface area contributed by atoms with Gasteiger partial charge in [0.05, 0.1) is 28.2 Å². The predicted octanol–water partition coefficient (Wildman–Crippen LogP) is 3.85. The van der Waals surface area contributed by atoms with Crippen molar-refractivity contribution in [2.45, 2.75) is 0 Å². The average Bonchev–Trinajstić information content (AvgIpc) is 3.04. The molecule has 0 aliphatic rings. The number of nitrogen functional groups attached to an aromatic ring is 1. The van der Waals surface area contributed by atoms with Gasteiger partial charge >= 0.3 is 0 Å². The largest absolute Gasteiger partial charge is 0.494 e. The molecule has 0 fully saturated rings. The molecule has 6 heteroatoms. The second-order valence-corrected chi connectivity index (χ2v) is 5.87. The average molecular weight is 306 g/mol. The Balaban J connectivity index is 2.09. The van der Waals surface area contributed by atoms with Crippen LogP contribution in [0.4, 0.5) is 5.69 Å². The molecule has 3 rings (SSSR count). The summed E-state index contributed by atoms with van der Waals surface area (Å²) in [5, 5.41) is 4.54. The number of nitrogens with two attached hydrogens (primary N) is 1. The van der Waals surface area contributed by atoms with Gasteiger partial charge in [0, 0.05) is 0 Å². The van der Waals surface area contributed by atoms with E-state index in [0.717, 1.165) is 22.0 Å². The molecule has 0 unspecified atom stereocenters. The van der Waals surface area contributed by atoms with E-state index in [1.54, 1.807) is 18.0 Å². The van der Waals surface area contributed by atoms with Gasteiger partial charge in [-0.05, 0) is 24.3 Å². The highest BCUT2D eigenvalue weighted by atomic mass is 35.5. The summed E-state index contributed by atoms with van der Waals surface area (Å²) in [4.78, 5) is 0.946. The number of thiophene rings is 1. The quantitative estimate of drug-likeness (QED) is 0.799. The van der Waals surface area contributed by atoms with Gasteiger partial charge in [0.1, 0.15) is 17.1 Å². The fraction of sp³-hybridized carbons (Fsp3) is 0.0714. The number of benzene rings is 1. The van der Waals surface area contributed by atoms with E-state index in [-0.39, 0.29) is 0 Å². The maximum Gasteiger partial charge on any atom is 0.144 e. The Hall–Kier alpha value is -1.98. The van der Waals surface area contributed by atoms with Crippen molar-refractivity contribution in [2.24, 2.45) is 0 Å². The molecule has 1 aromatic carbocycles. The van der Waals surface area contributed by atoms with Crippen LogP contribution >= 0.6 is 22.9 Å². The molecule has 0 atom stereocenters. The van der Waals surface area contributed by atoms with Crippen LogP contribution in [0.5, 0.6) is 5.75 Å². The summed E-state index contributed by atoms with van der Waals surface area (Å²) >= 11 is 7.41. The zero-order chi connectivity index (χ0) is 14.1. The smallest absolute Gasteiger partial charge is 0.144 e. The van der Waals surface area contributed by atoms with Crippen molar-refractivity contribution in [1.29, 1.82) is 0 Å². The summed E-state index contributed by atoms with van der Waals surface area (Å²) in [7, 11) is 1.63. The van der Waals surface area contributed by atoms with Crippen LogP contribution in [0.25, 0.3) is 16.3 Å². The Bertz CT molecular complexity index is 750. The van der Waals surface area contributed by atoms with Gasteiger partial charge in [-0.3, -0.25) is 0 Å². The topological polar surface area (TPSA) is 53.1 Å². The van der Waals surface area contributed by atoms with Gasteiger partial charge in [0.25, 0.3) is 0 Å². The first-order valence-corrected chi connectivity index (χ1v) is 7.12. The third kappa shape index (κ3) is 2.26. The Morgan fingerprint density at radius 2 is 2.05 bits per heavy atom. The number of anilines is 1. The van der Waals surface area contributed by atoms with Crippen LogP contribution in [0.1, 0.15) is 0 Å². The van der Waals surface area contributed by atoms with Crippen LogP contribution in [0, 0.1) is 0 Å². The van der Waals surface area contributed by atoms with Crippen molar-refractivity contribution in [3.63, 3.8) is 0 Å². The molecule has 2 heterocycles. The third-order valence-corrected chi connectivity index (χ3v) is 4.12. The second-order valence-electron chi connectivity index (χ2n) is 4.15. The van der Waals surface area contributed by atoms with Crippen molar-refractivity contribution in [3.05, 3.63) is 46.9 Å². The molecule has 0 radical (unpaired) electrons. The van der Waals surface area contributed by atoms with Crippen molar-refractivity contribution < 1.29 is 4.74 Å². The van der Waals surface area contributed by atoms with E-state index in [0.29, 0.717) is 10.0 Å². The minimum atomic E-state index is 0.606. The number of methoxy groups -OCH3 is 1. The van der Waals surface area contributed by atoms with Gasteiger partial charge in [-0.15, -0.1) is 11.3 Å². The standard InChI is InChI=1S/C14H12ClN3OS/c1-19-11-5-3-2-4-10(11)18-8-9(16)14(17-18)12-6-7-13(15)20-12/h2-8H,16H2,1H3. The van der Waals surface area contributed by atoms with Crippen molar-refractivity contribution in [2.75, 3.05) is 12.8 Å². The van der Waals surface area contributed by atoms with Crippen LogP contribution in [0.3, 0.4) is 0 Å². The third-order valence-electron chi connectivity index (χ3n) is 2.88. The molecule has 0 aliphatic heterocycles. The van der Waals surface area contributed by atoms with Crippen LogP contribution in [-0.2, 0) is 0 Å². The fourth-order valence-electron chi connectivity index (χ4n) is 1.96. The number of hydrogen-bond acceptors (Lipinski definition) is 4. The minimum Gasteiger partial charge on any atom is -0.494 e. The van der Waals surface area contributed by atoms with Gasteiger partial charge in [0.15, 0.2) is 0 Å². The zero-order valence-corrected chi connectivity index (χ0v) is 12.3. The summed E-state index contributed by atoms with van der Waals surface area (Å²) in [5.74, 6) is 0.741. The Morgan fingerprint density at radius 3 is 2.75 bits per heavy atom. The molecule has 2 aromatic heterocycles. The lowest BCUT2D eigenvalue weighted by atomic mass is 10.3. The van der Waals surface area contributed by atoms with Gasteiger partial charge in [0.2, 0.25) is 0 Å². The van der Waals surface area contributed by atoms with Crippen LogP contribution in [-0.4, -0.2) is 16.9 Å². The number of nitrogens with zero attached hydrogens (tertiary/aromatic N) is 2. The van der Waals surface area contributed by atoms with Gasteiger partial charge in [-0.1, -0.05) is 23.7 Å². The first kappa shape index (κ1) is 13.0. The van der Waals surface area contributed by atoms with E-state index in [4.69, 9.17) is 22.1 Å². The molecular weight excluding hydrogens is 294 g/mol. The lowest BCUT2D eigenvalue weighted by Crippen LogP contribution is -1.98. The molecule has 2 N–H and O–H groups in total. The van der Waals surface area contributed by atoms with E-state index in [9.17, 15) is 0 Å². The molecule has 3 aromatic rings. The number of halogens is 1. The molecular formula is C14H12ClN3OS. The van der Waals surface area contributed by atoms with E-state index < -0.39 is 0 Å². The van der Waals surface area contributed by atoms with Gasteiger partial charge < -0.3 is 10.5 Å². The lowest BCUT2D eigenvalue weighted by molar-refractivity contribution is 0.412. The summed E-state index contributed by atoms with van der Waals surface area (Å²) in [5.41, 5.74) is 8.23. The first-order chi connectivity index (χ1) is 9.69. The maximum atomic E-state index is 6.05. The molecule has 0 bridgehead atoms.